The molecule has 0 unspecified atom stereocenters. The molecule has 0 aliphatic carbocycles. The number of anilines is 1. The summed E-state index contributed by atoms with van der Waals surface area (Å²) in [6.07, 6.45) is 3.43. The molecular weight excluding hydrogens is 286 g/mol. The highest BCUT2D eigenvalue weighted by Gasteiger charge is 2.32. The third-order valence-electron chi connectivity index (χ3n) is 3.57. The van der Waals surface area contributed by atoms with Gasteiger partial charge in [-0.05, 0) is 0 Å². The highest BCUT2D eigenvalue weighted by atomic mass is 16.5. The first-order valence-corrected chi connectivity index (χ1v) is 6.84. The minimum Gasteiger partial charge on any atom is -0.497 e. The van der Waals surface area contributed by atoms with Crippen molar-refractivity contribution in [2.45, 2.75) is 6.04 Å². The van der Waals surface area contributed by atoms with Crippen molar-refractivity contribution in [2.75, 3.05) is 32.6 Å². The summed E-state index contributed by atoms with van der Waals surface area (Å²) in [7, 11) is 3.14. The number of likely N-dealkylation sites (tertiary alicyclic amines) is 1. The number of aromatic nitrogens is 3. The van der Waals surface area contributed by atoms with Gasteiger partial charge in [-0.1, -0.05) is 5.21 Å². The van der Waals surface area contributed by atoms with Crippen molar-refractivity contribution in [3.63, 3.8) is 0 Å². The van der Waals surface area contributed by atoms with Gasteiger partial charge in [-0.25, -0.2) is 9.48 Å². The van der Waals surface area contributed by atoms with Gasteiger partial charge < -0.3 is 19.7 Å². The molecule has 1 aliphatic rings. The molecule has 2 aromatic rings. The van der Waals surface area contributed by atoms with Gasteiger partial charge in [0.25, 0.3) is 0 Å². The number of carbonyl (C=O) groups excluding carboxylic acids is 1. The first-order chi connectivity index (χ1) is 10.7. The minimum absolute atomic E-state index is 0.160. The fourth-order valence-electron chi connectivity index (χ4n) is 2.28. The summed E-state index contributed by atoms with van der Waals surface area (Å²) in [5.41, 5.74) is 0.630. The molecule has 0 saturated carbocycles. The van der Waals surface area contributed by atoms with Gasteiger partial charge in [0.2, 0.25) is 0 Å². The summed E-state index contributed by atoms with van der Waals surface area (Å²) >= 11 is 0. The number of methoxy groups -OCH3 is 2. The van der Waals surface area contributed by atoms with Crippen molar-refractivity contribution in [1.29, 1.82) is 0 Å². The van der Waals surface area contributed by atoms with Gasteiger partial charge in [-0.2, -0.15) is 0 Å². The molecule has 1 saturated heterocycles. The van der Waals surface area contributed by atoms with Gasteiger partial charge in [-0.15, -0.1) is 5.10 Å². The van der Waals surface area contributed by atoms with Crippen LogP contribution in [0.25, 0.3) is 0 Å². The fraction of sp³-hybridized carbons (Fsp3) is 0.357. The Labute approximate surface area is 127 Å². The number of nitrogens with zero attached hydrogens (tertiary/aromatic N) is 4. The van der Waals surface area contributed by atoms with Crippen LogP contribution in [0.2, 0.25) is 0 Å². The van der Waals surface area contributed by atoms with Gasteiger partial charge in [0.1, 0.15) is 11.5 Å². The number of hydrogen-bond acceptors (Lipinski definition) is 5. The topological polar surface area (TPSA) is 81.5 Å². The predicted molar refractivity (Wildman–Crippen MR) is 79.2 cm³/mol. The zero-order chi connectivity index (χ0) is 15.5. The van der Waals surface area contributed by atoms with Crippen LogP contribution in [-0.4, -0.2) is 53.2 Å². The SMILES string of the molecule is COc1cc(NC(=O)N2CC(n3ccnn3)C2)cc(OC)c1. The van der Waals surface area contributed by atoms with Crippen LogP contribution in [0.3, 0.4) is 0 Å². The number of amides is 2. The van der Waals surface area contributed by atoms with E-state index in [9.17, 15) is 4.79 Å². The Morgan fingerprint density at radius 2 is 1.91 bits per heavy atom. The summed E-state index contributed by atoms with van der Waals surface area (Å²) < 4.78 is 12.1. The van der Waals surface area contributed by atoms with Crippen LogP contribution in [0.15, 0.2) is 30.6 Å². The van der Waals surface area contributed by atoms with E-state index in [1.165, 1.54) is 0 Å². The van der Waals surface area contributed by atoms with Crippen LogP contribution in [0, 0.1) is 0 Å². The molecule has 1 aliphatic heterocycles. The second-order valence-corrected chi connectivity index (χ2v) is 4.97. The molecule has 3 rings (SSSR count). The van der Waals surface area contributed by atoms with E-state index in [1.54, 1.807) is 54.4 Å². The van der Waals surface area contributed by atoms with Gasteiger partial charge in [0.05, 0.1) is 26.5 Å². The maximum atomic E-state index is 12.2. The van der Waals surface area contributed by atoms with E-state index in [1.807, 2.05) is 0 Å². The van der Waals surface area contributed by atoms with Crippen molar-refractivity contribution in [3.05, 3.63) is 30.6 Å². The molecule has 1 fully saturated rings. The van der Waals surface area contributed by atoms with Gasteiger partial charge in [0, 0.05) is 43.2 Å². The Hall–Kier alpha value is -2.77. The van der Waals surface area contributed by atoms with E-state index in [4.69, 9.17) is 9.47 Å². The monoisotopic (exact) mass is 303 g/mol. The smallest absolute Gasteiger partial charge is 0.321 e. The molecule has 0 atom stereocenters. The predicted octanol–water partition coefficient (Wildman–Crippen LogP) is 1.38. The molecule has 116 valence electrons. The highest BCUT2D eigenvalue weighted by Crippen LogP contribution is 2.27. The highest BCUT2D eigenvalue weighted by molar-refractivity contribution is 5.90. The van der Waals surface area contributed by atoms with Crippen LogP contribution in [0.1, 0.15) is 6.04 Å². The Bertz CT molecular complexity index is 630. The number of hydrogen-bond donors (Lipinski definition) is 1. The van der Waals surface area contributed by atoms with E-state index >= 15 is 0 Å². The second-order valence-electron chi connectivity index (χ2n) is 4.97. The first-order valence-electron chi connectivity index (χ1n) is 6.84. The Balaban J connectivity index is 1.61. The summed E-state index contributed by atoms with van der Waals surface area (Å²) in [5, 5.41) is 10.5. The maximum Gasteiger partial charge on any atom is 0.321 e. The van der Waals surface area contributed by atoms with E-state index in [0.717, 1.165) is 0 Å². The van der Waals surface area contributed by atoms with Gasteiger partial charge in [-0.3, -0.25) is 0 Å². The molecule has 0 radical (unpaired) electrons. The number of nitrogens with one attached hydrogen (secondary N) is 1. The molecule has 0 spiro atoms. The molecule has 1 aromatic heterocycles. The molecule has 2 amide bonds. The normalized spacial score (nSPS) is 14.4. The van der Waals surface area contributed by atoms with E-state index in [2.05, 4.69) is 15.6 Å². The summed E-state index contributed by atoms with van der Waals surface area (Å²) in [4.78, 5) is 13.9. The number of urea groups is 1. The van der Waals surface area contributed by atoms with Crippen LogP contribution < -0.4 is 14.8 Å². The van der Waals surface area contributed by atoms with E-state index in [-0.39, 0.29) is 12.1 Å². The minimum atomic E-state index is -0.160. The molecular formula is C14H17N5O3. The van der Waals surface area contributed by atoms with E-state index in [0.29, 0.717) is 30.3 Å². The third-order valence-corrected chi connectivity index (χ3v) is 3.57. The molecule has 2 heterocycles. The molecule has 1 N–H and O–H groups in total. The lowest BCUT2D eigenvalue weighted by atomic mass is 10.1. The van der Waals surface area contributed by atoms with Gasteiger partial charge in [0.15, 0.2) is 0 Å². The van der Waals surface area contributed by atoms with Crippen molar-refractivity contribution >= 4 is 11.7 Å². The standard InChI is InChI=1S/C14H17N5O3/c1-21-12-5-10(6-13(7-12)22-2)16-14(20)18-8-11(9-18)19-4-3-15-17-19/h3-7,11H,8-9H2,1-2H3,(H,16,20). The summed E-state index contributed by atoms with van der Waals surface area (Å²) in [5.74, 6) is 1.25. The average Bonchev–Trinajstić information content (AvgIpc) is 2.99. The van der Waals surface area contributed by atoms with Crippen molar-refractivity contribution in [3.8, 4) is 11.5 Å². The van der Waals surface area contributed by atoms with Crippen LogP contribution in [0.5, 0.6) is 11.5 Å². The Kier molecular flexibility index (Phi) is 3.82. The molecule has 1 aromatic carbocycles. The Morgan fingerprint density at radius 3 is 2.45 bits per heavy atom. The zero-order valence-electron chi connectivity index (χ0n) is 12.4. The largest absolute Gasteiger partial charge is 0.497 e. The lowest BCUT2D eigenvalue weighted by Crippen LogP contribution is -2.52. The summed E-state index contributed by atoms with van der Waals surface area (Å²) in [6.45, 7) is 1.21. The fourth-order valence-corrected chi connectivity index (χ4v) is 2.28. The molecule has 22 heavy (non-hydrogen) atoms. The van der Waals surface area contributed by atoms with Crippen LogP contribution in [0.4, 0.5) is 10.5 Å². The summed E-state index contributed by atoms with van der Waals surface area (Å²) in [6, 6.07) is 5.27. The van der Waals surface area contributed by atoms with Crippen molar-refractivity contribution in [2.24, 2.45) is 0 Å². The number of benzene rings is 1. The van der Waals surface area contributed by atoms with Crippen LogP contribution in [-0.2, 0) is 0 Å². The lowest BCUT2D eigenvalue weighted by molar-refractivity contribution is 0.127. The first kappa shape index (κ1) is 14.2. The molecule has 0 bridgehead atoms. The lowest BCUT2D eigenvalue weighted by Gasteiger charge is -2.38. The quantitative estimate of drug-likeness (QED) is 0.923. The van der Waals surface area contributed by atoms with Gasteiger partial charge >= 0.3 is 6.03 Å². The average molecular weight is 303 g/mol. The number of rotatable bonds is 4. The Morgan fingerprint density at radius 1 is 1.23 bits per heavy atom. The molecule has 8 nitrogen and oxygen atoms in total. The molecule has 8 heteroatoms. The third kappa shape index (κ3) is 2.80. The van der Waals surface area contributed by atoms with Crippen molar-refractivity contribution in [1.82, 2.24) is 19.9 Å². The second kappa shape index (κ2) is 5.92. The number of carbonyl (C=O) groups is 1. The number of ether oxygens (including phenoxy) is 2. The van der Waals surface area contributed by atoms with Crippen LogP contribution >= 0.6 is 0 Å². The van der Waals surface area contributed by atoms with Crippen molar-refractivity contribution < 1.29 is 14.3 Å². The van der Waals surface area contributed by atoms with E-state index < -0.39 is 0 Å². The maximum absolute atomic E-state index is 12.2. The zero-order valence-corrected chi connectivity index (χ0v) is 12.4.